The molecule has 10 heteroatoms. The smallest absolute Gasteiger partial charge is 0.325 e. The summed E-state index contributed by atoms with van der Waals surface area (Å²) < 4.78 is 0. The summed E-state index contributed by atoms with van der Waals surface area (Å²) in [6.45, 7) is 1.40. The SMILES string of the molecule is C[C@@H](NC(=O)C(N)CC(=O)NCc1ccc([N+](=O)[O-])cc1)C(=O)O. The van der Waals surface area contributed by atoms with Gasteiger partial charge in [0, 0.05) is 18.7 Å². The standard InChI is InChI=1S/C14H18N4O6/c1-8(14(21)22)17-13(20)11(15)6-12(19)16-7-9-2-4-10(5-3-9)18(23)24/h2-5,8,11H,6-7,15H2,1H3,(H,16,19)(H,17,20)(H,21,22)/t8-,11?/m1/s1. The van der Waals surface area contributed by atoms with E-state index in [1.165, 1.54) is 31.2 Å². The van der Waals surface area contributed by atoms with Gasteiger partial charge < -0.3 is 21.5 Å². The molecule has 0 bridgehead atoms. The fourth-order valence-electron chi connectivity index (χ4n) is 1.68. The summed E-state index contributed by atoms with van der Waals surface area (Å²) in [7, 11) is 0. The number of nitrogens with zero attached hydrogens (tertiary/aromatic N) is 1. The molecule has 0 saturated carbocycles. The molecule has 0 fully saturated rings. The molecule has 2 amide bonds. The number of carboxylic acid groups (broad SMARTS) is 1. The summed E-state index contributed by atoms with van der Waals surface area (Å²) in [6.07, 6.45) is -0.314. The number of nitrogens with two attached hydrogens (primary N) is 1. The zero-order chi connectivity index (χ0) is 18.3. The number of nitrogens with one attached hydrogen (secondary N) is 2. The van der Waals surface area contributed by atoms with E-state index in [2.05, 4.69) is 10.6 Å². The number of aliphatic carboxylic acids is 1. The lowest BCUT2D eigenvalue weighted by Gasteiger charge is -2.14. The molecule has 1 unspecified atom stereocenters. The number of carbonyl (C=O) groups is 3. The van der Waals surface area contributed by atoms with Gasteiger partial charge in [-0.1, -0.05) is 12.1 Å². The molecule has 0 saturated heterocycles. The van der Waals surface area contributed by atoms with Crippen LogP contribution in [0.1, 0.15) is 18.9 Å². The molecule has 130 valence electrons. The van der Waals surface area contributed by atoms with Gasteiger partial charge in [0.05, 0.1) is 17.4 Å². The Morgan fingerprint density at radius 2 is 1.88 bits per heavy atom. The van der Waals surface area contributed by atoms with Crippen LogP contribution in [0, 0.1) is 10.1 Å². The van der Waals surface area contributed by atoms with Crippen LogP contribution in [0.15, 0.2) is 24.3 Å². The maximum absolute atomic E-state index is 11.7. The van der Waals surface area contributed by atoms with Crippen molar-refractivity contribution < 1.29 is 24.4 Å². The minimum absolute atomic E-state index is 0.0590. The van der Waals surface area contributed by atoms with E-state index in [-0.39, 0.29) is 18.7 Å². The molecule has 0 spiro atoms. The van der Waals surface area contributed by atoms with Crippen LogP contribution in [-0.4, -0.2) is 39.9 Å². The van der Waals surface area contributed by atoms with Crippen LogP contribution in [0.2, 0.25) is 0 Å². The molecular formula is C14H18N4O6. The third-order valence-corrected chi connectivity index (χ3v) is 3.11. The van der Waals surface area contributed by atoms with Crippen LogP contribution in [0.4, 0.5) is 5.69 Å². The van der Waals surface area contributed by atoms with Gasteiger partial charge in [-0.2, -0.15) is 0 Å². The molecule has 0 aliphatic rings. The van der Waals surface area contributed by atoms with Crippen LogP contribution in [0.5, 0.6) is 0 Å². The number of carboxylic acids is 1. The molecule has 0 heterocycles. The quantitative estimate of drug-likeness (QED) is 0.367. The molecule has 1 aromatic carbocycles. The van der Waals surface area contributed by atoms with E-state index in [1.54, 1.807) is 0 Å². The zero-order valence-corrected chi connectivity index (χ0v) is 12.9. The van der Waals surface area contributed by atoms with Gasteiger partial charge in [-0.05, 0) is 12.5 Å². The van der Waals surface area contributed by atoms with Gasteiger partial charge in [-0.15, -0.1) is 0 Å². The first-order valence-corrected chi connectivity index (χ1v) is 6.99. The molecule has 24 heavy (non-hydrogen) atoms. The molecule has 10 nitrogen and oxygen atoms in total. The van der Waals surface area contributed by atoms with Crippen molar-refractivity contribution in [2.24, 2.45) is 5.73 Å². The topological polar surface area (TPSA) is 165 Å². The second-order valence-corrected chi connectivity index (χ2v) is 5.08. The fourth-order valence-corrected chi connectivity index (χ4v) is 1.68. The van der Waals surface area contributed by atoms with Crippen molar-refractivity contribution >= 4 is 23.5 Å². The number of benzene rings is 1. The maximum atomic E-state index is 11.7. The first-order chi connectivity index (χ1) is 11.2. The Balaban J connectivity index is 2.43. The van der Waals surface area contributed by atoms with E-state index in [0.717, 1.165) is 0 Å². The highest BCUT2D eigenvalue weighted by Crippen LogP contribution is 2.11. The third-order valence-electron chi connectivity index (χ3n) is 3.11. The van der Waals surface area contributed by atoms with Gasteiger partial charge in [0.25, 0.3) is 5.69 Å². The Labute approximate surface area is 137 Å². The van der Waals surface area contributed by atoms with Crippen LogP contribution < -0.4 is 16.4 Å². The Bertz CT molecular complexity index is 631. The molecule has 0 aromatic heterocycles. The van der Waals surface area contributed by atoms with Crippen molar-refractivity contribution in [2.45, 2.75) is 32.0 Å². The van der Waals surface area contributed by atoms with E-state index in [0.29, 0.717) is 5.56 Å². The zero-order valence-electron chi connectivity index (χ0n) is 12.9. The van der Waals surface area contributed by atoms with Crippen LogP contribution in [0.3, 0.4) is 0 Å². The van der Waals surface area contributed by atoms with Gasteiger partial charge in [-0.3, -0.25) is 24.5 Å². The number of amides is 2. The van der Waals surface area contributed by atoms with E-state index in [9.17, 15) is 24.5 Å². The minimum Gasteiger partial charge on any atom is -0.480 e. The lowest BCUT2D eigenvalue weighted by atomic mass is 10.1. The number of hydrogen-bond acceptors (Lipinski definition) is 6. The Hall–Kier alpha value is -3.01. The Morgan fingerprint density at radius 3 is 2.38 bits per heavy atom. The van der Waals surface area contributed by atoms with Crippen molar-refractivity contribution in [1.82, 2.24) is 10.6 Å². The lowest BCUT2D eigenvalue weighted by Crippen LogP contribution is -2.48. The number of non-ortho nitro benzene ring substituents is 1. The van der Waals surface area contributed by atoms with Crippen molar-refractivity contribution in [3.05, 3.63) is 39.9 Å². The summed E-state index contributed by atoms with van der Waals surface area (Å²) in [6, 6.07) is 3.34. The van der Waals surface area contributed by atoms with Crippen molar-refractivity contribution in [1.29, 1.82) is 0 Å². The molecule has 0 aliphatic carbocycles. The Morgan fingerprint density at radius 1 is 1.29 bits per heavy atom. The number of hydrogen-bond donors (Lipinski definition) is 4. The number of rotatable bonds is 8. The van der Waals surface area contributed by atoms with E-state index in [1.807, 2.05) is 0 Å². The molecule has 1 rings (SSSR count). The summed E-state index contributed by atoms with van der Waals surface area (Å²) >= 11 is 0. The summed E-state index contributed by atoms with van der Waals surface area (Å²) in [5.74, 6) is -2.45. The Kier molecular flexibility index (Phi) is 6.80. The highest BCUT2D eigenvalue weighted by atomic mass is 16.6. The maximum Gasteiger partial charge on any atom is 0.325 e. The average Bonchev–Trinajstić information content (AvgIpc) is 2.52. The lowest BCUT2D eigenvalue weighted by molar-refractivity contribution is -0.384. The summed E-state index contributed by atoms with van der Waals surface area (Å²) in [5, 5.41) is 23.9. The van der Waals surface area contributed by atoms with Crippen LogP contribution in [-0.2, 0) is 20.9 Å². The second kappa shape index (κ2) is 8.58. The van der Waals surface area contributed by atoms with E-state index >= 15 is 0 Å². The van der Waals surface area contributed by atoms with Crippen LogP contribution in [0.25, 0.3) is 0 Å². The first kappa shape index (κ1) is 19.0. The molecule has 5 N–H and O–H groups in total. The van der Waals surface area contributed by atoms with Crippen molar-refractivity contribution in [3.63, 3.8) is 0 Å². The number of nitro benzene ring substituents is 1. The normalized spacial score (nSPS) is 12.8. The number of nitro groups is 1. The monoisotopic (exact) mass is 338 g/mol. The molecule has 1 aromatic rings. The van der Waals surface area contributed by atoms with Crippen molar-refractivity contribution in [2.75, 3.05) is 0 Å². The third kappa shape index (κ3) is 6.01. The summed E-state index contributed by atoms with van der Waals surface area (Å²) in [4.78, 5) is 44.0. The van der Waals surface area contributed by atoms with E-state index < -0.39 is 34.8 Å². The summed E-state index contributed by atoms with van der Waals surface area (Å²) in [5.41, 5.74) is 6.13. The predicted octanol–water partition coefficient (Wildman–Crippen LogP) is -0.482. The van der Waals surface area contributed by atoms with E-state index in [4.69, 9.17) is 10.8 Å². The van der Waals surface area contributed by atoms with Gasteiger partial charge in [0.2, 0.25) is 11.8 Å². The van der Waals surface area contributed by atoms with Gasteiger partial charge >= 0.3 is 5.97 Å². The van der Waals surface area contributed by atoms with Crippen LogP contribution >= 0.6 is 0 Å². The predicted molar refractivity (Wildman–Crippen MR) is 82.8 cm³/mol. The van der Waals surface area contributed by atoms with Gasteiger partial charge in [0.15, 0.2) is 0 Å². The number of carbonyl (C=O) groups excluding carboxylic acids is 2. The van der Waals surface area contributed by atoms with Gasteiger partial charge in [-0.25, -0.2) is 0 Å². The minimum atomic E-state index is -1.21. The van der Waals surface area contributed by atoms with Crippen molar-refractivity contribution in [3.8, 4) is 0 Å². The highest BCUT2D eigenvalue weighted by Gasteiger charge is 2.21. The highest BCUT2D eigenvalue weighted by molar-refractivity contribution is 5.90. The van der Waals surface area contributed by atoms with Gasteiger partial charge in [0.1, 0.15) is 6.04 Å². The average molecular weight is 338 g/mol. The second-order valence-electron chi connectivity index (χ2n) is 5.08. The largest absolute Gasteiger partial charge is 0.480 e. The molecule has 0 aliphatic heterocycles. The molecule has 0 radical (unpaired) electrons. The molecule has 2 atom stereocenters. The first-order valence-electron chi connectivity index (χ1n) is 6.99. The fraction of sp³-hybridized carbons (Fsp3) is 0.357. The molecular weight excluding hydrogens is 320 g/mol.